The van der Waals surface area contributed by atoms with Crippen molar-refractivity contribution in [3.8, 4) is 0 Å². The molecule has 0 radical (unpaired) electrons. The molecule has 1 atom stereocenters. The lowest BCUT2D eigenvalue weighted by atomic mass is 9.83. The normalized spacial score (nSPS) is 30.9. The number of hydrogen-bond acceptors (Lipinski definition) is 2. The van der Waals surface area contributed by atoms with Gasteiger partial charge in [0.25, 0.3) is 0 Å². The number of carbonyl (C=O) groups excluding carboxylic acids is 1. The van der Waals surface area contributed by atoms with Crippen molar-refractivity contribution in [2.75, 3.05) is 0 Å². The summed E-state index contributed by atoms with van der Waals surface area (Å²) in [5, 5.41) is 0. The van der Waals surface area contributed by atoms with Crippen LogP contribution in [0.15, 0.2) is 0 Å². The van der Waals surface area contributed by atoms with Crippen molar-refractivity contribution in [1.82, 2.24) is 0 Å². The molecular formula is C12H20O2. The van der Waals surface area contributed by atoms with Gasteiger partial charge in [0, 0.05) is 6.42 Å². The van der Waals surface area contributed by atoms with Gasteiger partial charge < -0.3 is 4.74 Å². The average molecular weight is 196 g/mol. The second-order valence-corrected chi connectivity index (χ2v) is 4.67. The molecule has 2 rings (SSSR count). The summed E-state index contributed by atoms with van der Waals surface area (Å²) < 4.78 is 5.51. The van der Waals surface area contributed by atoms with Gasteiger partial charge in [0.15, 0.2) is 0 Å². The number of cyclic esters (lactones) is 1. The lowest BCUT2D eigenvalue weighted by Crippen LogP contribution is -2.27. The van der Waals surface area contributed by atoms with Gasteiger partial charge in [-0.05, 0) is 38.0 Å². The molecule has 2 heteroatoms. The van der Waals surface area contributed by atoms with E-state index in [4.69, 9.17) is 4.74 Å². The molecule has 1 heterocycles. The van der Waals surface area contributed by atoms with E-state index in [1.807, 2.05) is 0 Å². The first kappa shape index (κ1) is 10.0. The summed E-state index contributed by atoms with van der Waals surface area (Å²) >= 11 is 0. The van der Waals surface area contributed by atoms with Crippen LogP contribution < -0.4 is 0 Å². The number of hydrogen-bond donors (Lipinski definition) is 0. The van der Waals surface area contributed by atoms with Crippen LogP contribution in [0.25, 0.3) is 0 Å². The summed E-state index contributed by atoms with van der Waals surface area (Å²) in [5.41, 5.74) is 0. The predicted octanol–water partition coefficient (Wildman–Crippen LogP) is 3.05. The van der Waals surface area contributed by atoms with Gasteiger partial charge in [0.05, 0.1) is 0 Å². The molecule has 1 aliphatic heterocycles. The first-order chi connectivity index (χ1) is 6.86. The molecular weight excluding hydrogens is 176 g/mol. The van der Waals surface area contributed by atoms with Gasteiger partial charge >= 0.3 is 5.97 Å². The van der Waals surface area contributed by atoms with Crippen molar-refractivity contribution in [2.45, 2.75) is 63.9 Å². The van der Waals surface area contributed by atoms with Gasteiger partial charge in [-0.2, -0.15) is 0 Å². The Morgan fingerprint density at radius 1 is 0.929 bits per heavy atom. The van der Waals surface area contributed by atoms with Crippen molar-refractivity contribution in [1.29, 1.82) is 0 Å². The van der Waals surface area contributed by atoms with Gasteiger partial charge in [-0.1, -0.05) is 19.3 Å². The first-order valence-corrected chi connectivity index (χ1v) is 6.06. The summed E-state index contributed by atoms with van der Waals surface area (Å²) in [4.78, 5) is 11.3. The van der Waals surface area contributed by atoms with E-state index in [9.17, 15) is 4.79 Å². The van der Waals surface area contributed by atoms with E-state index in [1.165, 1.54) is 38.5 Å². The summed E-state index contributed by atoms with van der Waals surface area (Å²) in [6, 6.07) is 0. The molecule has 1 unspecified atom stereocenters. The van der Waals surface area contributed by atoms with Crippen molar-refractivity contribution in [3.63, 3.8) is 0 Å². The zero-order valence-electron chi connectivity index (χ0n) is 8.84. The van der Waals surface area contributed by atoms with E-state index in [0.29, 0.717) is 12.3 Å². The molecule has 0 N–H and O–H groups in total. The molecule has 2 nitrogen and oxygen atoms in total. The topological polar surface area (TPSA) is 26.3 Å². The fourth-order valence-electron chi connectivity index (χ4n) is 2.74. The highest BCUT2D eigenvalue weighted by Crippen LogP contribution is 2.31. The predicted molar refractivity (Wildman–Crippen MR) is 54.9 cm³/mol. The van der Waals surface area contributed by atoms with Gasteiger partial charge in [0.2, 0.25) is 0 Å². The SMILES string of the molecule is O=C1CCCCC(C2CCCCC2)O1. The van der Waals surface area contributed by atoms with Crippen LogP contribution in [0, 0.1) is 5.92 Å². The maximum Gasteiger partial charge on any atom is 0.306 e. The molecule has 0 amide bonds. The third-order valence-electron chi connectivity index (χ3n) is 3.58. The van der Waals surface area contributed by atoms with Crippen LogP contribution in [0.5, 0.6) is 0 Å². The third-order valence-corrected chi connectivity index (χ3v) is 3.58. The van der Waals surface area contributed by atoms with E-state index in [-0.39, 0.29) is 12.1 Å². The van der Waals surface area contributed by atoms with Gasteiger partial charge in [-0.3, -0.25) is 4.79 Å². The number of rotatable bonds is 1. The van der Waals surface area contributed by atoms with E-state index in [0.717, 1.165) is 12.8 Å². The lowest BCUT2D eigenvalue weighted by Gasteiger charge is -2.28. The Balaban J connectivity index is 1.90. The minimum Gasteiger partial charge on any atom is -0.462 e. The molecule has 0 spiro atoms. The Kier molecular flexibility index (Phi) is 3.44. The van der Waals surface area contributed by atoms with E-state index < -0.39 is 0 Å². The van der Waals surface area contributed by atoms with E-state index >= 15 is 0 Å². The van der Waals surface area contributed by atoms with E-state index in [2.05, 4.69) is 0 Å². The molecule has 0 aromatic rings. The second kappa shape index (κ2) is 4.81. The zero-order valence-corrected chi connectivity index (χ0v) is 8.84. The minimum absolute atomic E-state index is 0.0399. The largest absolute Gasteiger partial charge is 0.462 e. The van der Waals surface area contributed by atoms with Crippen molar-refractivity contribution in [3.05, 3.63) is 0 Å². The molecule has 2 aliphatic rings. The monoisotopic (exact) mass is 196 g/mol. The quantitative estimate of drug-likeness (QED) is 0.602. The highest BCUT2D eigenvalue weighted by molar-refractivity contribution is 5.69. The fourth-order valence-corrected chi connectivity index (χ4v) is 2.74. The van der Waals surface area contributed by atoms with Crippen molar-refractivity contribution in [2.24, 2.45) is 5.92 Å². The molecule has 0 aromatic heterocycles. The Morgan fingerprint density at radius 3 is 2.43 bits per heavy atom. The molecule has 2 fully saturated rings. The van der Waals surface area contributed by atoms with Crippen LogP contribution in [-0.4, -0.2) is 12.1 Å². The Hall–Kier alpha value is -0.530. The summed E-state index contributed by atoms with van der Waals surface area (Å²) in [7, 11) is 0. The number of carbonyl (C=O) groups is 1. The lowest BCUT2D eigenvalue weighted by molar-refractivity contribution is -0.151. The smallest absolute Gasteiger partial charge is 0.306 e. The summed E-state index contributed by atoms with van der Waals surface area (Å²) in [6.45, 7) is 0. The minimum atomic E-state index is 0.0399. The Morgan fingerprint density at radius 2 is 1.64 bits per heavy atom. The molecule has 0 aromatic carbocycles. The van der Waals surface area contributed by atoms with Crippen molar-refractivity contribution < 1.29 is 9.53 Å². The molecule has 1 saturated carbocycles. The number of esters is 1. The zero-order chi connectivity index (χ0) is 9.80. The van der Waals surface area contributed by atoms with Crippen LogP contribution >= 0.6 is 0 Å². The highest BCUT2D eigenvalue weighted by atomic mass is 16.5. The Labute approximate surface area is 86.0 Å². The molecule has 0 bridgehead atoms. The Bertz CT molecular complexity index is 194. The highest BCUT2D eigenvalue weighted by Gasteiger charge is 2.27. The number of ether oxygens (including phenoxy) is 1. The van der Waals surface area contributed by atoms with Crippen LogP contribution in [0.2, 0.25) is 0 Å². The third kappa shape index (κ3) is 2.49. The van der Waals surface area contributed by atoms with Crippen molar-refractivity contribution >= 4 is 5.97 Å². The van der Waals surface area contributed by atoms with Gasteiger partial charge in [-0.25, -0.2) is 0 Å². The summed E-state index contributed by atoms with van der Waals surface area (Å²) in [6.07, 6.45) is 10.8. The maximum atomic E-state index is 11.3. The molecule has 1 saturated heterocycles. The van der Waals surface area contributed by atoms with Crippen LogP contribution in [0.4, 0.5) is 0 Å². The van der Waals surface area contributed by atoms with Crippen LogP contribution in [0.3, 0.4) is 0 Å². The molecule has 80 valence electrons. The van der Waals surface area contributed by atoms with Crippen LogP contribution in [0.1, 0.15) is 57.8 Å². The fraction of sp³-hybridized carbons (Fsp3) is 0.917. The van der Waals surface area contributed by atoms with E-state index in [1.54, 1.807) is 0 Å². The molecule has 1 aliphatic carbocycles. The average Bonchev–Trinajstić information content (AvgIpc) is 2.44. The molecule has 14 heavy (non-hydrogen) atoms. The summed E-state index contributed by atoms with van der Waals surface area (Å²) in [5.74, 6) is 0.712. The van der Waals surface area contributed by atoms with Gasteiger partial charge in [0.1, 0.15) is 6.10 Å². The maximum absolute atomic E-state index is 11.3. The van der Waals surface area contributed by atoms with Gasteiger partial charge in [-0.15, -0.1) is 0 Å². The second-order valence-electron chi connectivity index (χ2n) is 4.67. The standard InChI is InChI=1S/C12H20O2/c13-12-9-5-4-8-11(14-12)10-6-2-1-3-7-10/h10-11H,1-9H2. The van der Waals surface area contributed by atoms with Crippen LogP contribution in [-0.2, 0) is 9.53 Å². The first-order valence-electron chi connectivity index (χ1n) is 6.06.